The van der Waals surface area contributed by atoms with Crippen molar-refractivity contribution in [2.24, 2.45) is 0 Å². The Morgan fingerprint density at radius 1 is 1.24 bits per heavy atom. The van der Waals surface area contributed by atoms with Crippen molar-refractivity contribution in [3.63, 3.8) is 0 Å². The summed E-state index contributed by atoms with van der Waals surface area (Å²) in [5.74, 6) is 0.0606. The molecule has 1 saturated heterocycles. The monoisotopic (exact) mass is 306 g/mol. The van der Waals surface area contributed by atoms with Crippen LogP contribution in [0.5, 0.6) is 0 Å². The summed E-state index contributed by atoms with van der Waals surface area (Å²) in [6.45, 7) is 6.09. The van der Waals surface area contributed by atoms with Crippen LogP contribution < -0.4 is 10.6 Å². The molecule has 1 aromatic carbocycles. The highest BCUT2D eigenvalue weighted by Gasteiger charge is 2.22. The fourth-order valence-corrected chi connectivity index (χ4v) is 2.54. The Morgan fingerprint density at radius 2 is 1.90 bits per heavy atom. The maximum atomic E-state index is 12.7. The van der Waals surface area contributed by atoms with Crippen LogP contribution in [0.1, 0.15) is 17.3 Å². The third kappa shape index (κ3) is 4.15. The van der Waals surface area contributed by atoms with E-state index in [2.05, 4.69) is 22.6 Å². The number of carbonyl (C=O) groups is 1. The van der Waals surface area contributed by atoms with Gasteiger partial charge in [-0.1, -0.05) is 12.1 Å². The van der Waals surface area contributed by atoms with Gasteiger partial charge in [0, 0.05) is 32.7 Å². The lowest BCUT2D eigenvalue weighted by Gasteiger charge is -2.32. The second-order valence-corrected chi connectivity index (χ2v) is 5.53. The van der Waals surface area contributed by atoms with Crippen LogP contribution in [-0.2, 0) is 0 Å². The van der Waals surface area contributed by atoms with Gasteiger partial charge in [0.15, 0.2) is 5.11 Å². The summed E-state index contributed by atoms with van der Waals surface area (Å²) in [6.07, 6.45) is 0. The lowest BCUT2D eigenvalue weighted by molar-refractivity contribution is 0.0665. The zero-order valence-corrected chi connectivity index (χ0v) is 13.4. The fraction of sp³-hybridized carbons (Fsp3) is 0.467. The predicted molar refractivity (Wildman–Crippen MR) is 89.7 cm³/mol. The standard InChI is InChI=1S/C15H22N4OS/c1-3-16-15(21)17-13-7-5-4-6-12(13)14(20)19-10-8-18(2)9-11-19/h4-7H,3,8-11H2,1-2H3,(H2,16,17,21). The number of nitrogens with one attached hydrogen (secondary N) is 2. The van der Waals surface area contributed by atoms with Crippen molar-refractivity contribution in [2.45, 2.75) is 6.92 Å². The molecule has 5 nitrogen and oxygen atoms in total. The molecule has 1 fully saturated rings. The summed E-state index contributed by atoms with van der Waals surface area (Å²) in [5.41, 5.74) is 1.43. The first kappa shape index (κ1) is 15.7. The molecule has 114 valence electrons. The normalized spacial score (nSPS) is 15.6. The molecule has 0 aliphatic carbocycles. The number of nitrogens with zero attached hydrogens (tertiary/aromatic N) is 2. The zero-order chi connectivity index (χ0) is 15.2. The molecule has 1 aliphatic rings. The molecular formula is C15H22N4OS. The molecule has 1 aliphatic heterocycles. The first-order valence-electron chi connectivity index (χ1n) is 7.23. The Kier molecular flexibility index (Phi) is 5.52. The van der Waals surface area contributed by atoms with Crippen LogP contribution in [0.2, 0.25) is 0 Å². The van der Waals surface area contributed by atoms with Crippen LogP contribution in [0.4, 0.5) is 5.69 Å². The number of amides is 1. The number of piperazine rings is 1. The van der Waals surface area contributed by atoms with E-state index in [0.29, 0.717) is 10.7 Å². The number of anilines is 1. The Hall–Kier alpha value is -1.66. The van der Waals surface area contributed by atoms with E-state index in [0.717, 1.165) is 38.4 Å². The number of hydrogen-bond donors (Lipinski definition) is 2. The highest BCUT2D eigenvalue weighted by atomic mass is 32.1. The van der Waals surface area contributed by atoms with Gasteiger partial charge in [-0.25, -0.2) is 0 Å². The second kappa shape index (κ2) is 7.38. The predicted octanol–water partition coefficient (Wildman–Crippen LogP) is 1.38. The van der Waals surface area contributed by atoms with E-state index in [1.165, 1.54) is 0 Å². The molecule has 1 heterocycles. The summed E-state index contributed by atoms with van der Waals surface area (Å²) in [4.78, 5) is 16.8. The average molecular weight is 306 g/mol. The van der Waals surface area contributed by atoms with Gasteiger partial charge in [-0.15, -0.1) is 0 Å². The second-order valence-electron chi connectivity index (χ2n) is 5.13. The summed E-state index contributed by atoms with van der Waals surface area (Å²) in [5, 5.41) is 6.67. The van der Waals surface area contributed by atoms with Gasteiger partial charge in [-0.3, -0.25) is 4.79 Å². The zero-order valence-electron chi connectivity index (χ0n) is 12.6. The first-order chi connectivity index (χ1) is 10.1. The SMILES string of the molecule is CCNC(=S)Nc1ccccc1C(=O)N1CCN(C)CC1. The molecule has 21 heavy (non-hydrogen) atoms. The number of hydrogen-bond acceptors (Lipinski definition) is 3. The number of benzene rings is 1. The van der Waals surface area contributed by atoms with Gasteiger partial charge in [0.1, 0.15) is 0 Å². The molecular weight excluding hydrogens is 284 g/mol. The summed E-state index contributed by atoms with van der Waals surface area (Å²) < 4.78 is 0. The summed E-state index contributed by atoms with van der Waals surface area (Å²) in [6, 6.07) is 7.51. The molecule has 0 bridgehead atoms. The highest BCUT2D eigenvalue weighted by molar-refractivity contribution is 7.80. The molecule has 1 amide bonds. The molecule has 2 rings (SSSR count). The Labute approximate surface area is 131 Å². The quantitative estimate of drug-likeness (QED) is 0.826. The minimum atomic E-state index is 0.0606. The Morgan fingerprint density at radius 3 is 2.57 bits per heavy atom. The third-order valence-electron chi connectivity index (χ3n) is 3.53. The summed E-state index contributed by atoms with van der Waals surface area (Å²) in [7, 11) is 2.08. The van der Waals surface area contributed by atoms with E-state index in [4.69, 9.17) is 12.2 Å². The molecule has 1 aromatic rings. The van der Waals surface area contributed by atoms with Crippen LogP contribution >= 0.6 is 12.2 Å². The Balaban J connectivity index is 2.11. The molecule has 0 saturated carbocycles. The lowest BCUT2D eigenvalue weighted by Crippen LogP contribution is -2.47. The fourth-order valence-electron chi connectivity index (χ4n) is 2.29. The van der Waals surface area contributed by atoms with Crippen molar-refractivity contribution in [3.8, 4) is 0 Å². The van der Waals surface area contributed by atoms with E-state index < -0.39 is 0 Å². The first-order valence-corrected chi connectivity index (χ1v) is 7.64. The van der Waals surface area contributed by atoms with Crippen LogP contribution in [0.3, 0.4) is 0 Å². The van der Waals surface area contributed by atoms with Gasteiger partial charge < -0.3 is 20.4 Å². The van der Waals surface area contributed by atoms with Crippen LogP contribution in [-0.4, -0.2) is 60.6 Å². The van der Waals surface area contributed by atoms with Gasteiger partial charge in [0.05, 0.1) is 11.3 Å². The van der Waals surface area contributed by atoms with Crippen molar-refractivity contribution < 1.29 is 4.79 Å². The number of rotatable bonds is 3. The van der Waals surface area contributed by atoms with Crippen LogP contribution in [0, 0.1) is 0 Å². The molecule has 0 spiro atoms. The highest BCUT2D eigenvalue weighted by Crippen LogP contribution is 2.18. The third-order valence-corrected chi connectivity index (χ3v) is 3.78. The van der Waals surface area contributed by atoms with E-state index in [1.807, 2.05) is 36.1 Å². The largest absolute Gasteiger partial charge is 0.363 e. The number of likely N-dealkylation sites (N-methyl/N-ethyl adjacent to an activating group) is 1. The number of thiocarbonyl (C=S) groups is 1. The van der Waals surface area contributed by atoms with Gasteiger partial charge in [-0.2, -0.15) is 0 Å². The summed E-state index contributed by atoms with van der Waals surface area (Å²) >= 11 is 5.20. The van der Waals surface area contributed by atoms with Gasteiger partial charge in [0.2, 0.25) is 0 Å². The maximum Gasteiger partial charge on any atom is 0.256 e. The molecule has 2 N–H and O–H groups in total. The lowest BCUT2D eigenvalue weighted by atomic mass is 10.1. The molecule has 0 atom stereocenters. The molecule has 6 heteroatoms. The van der Waals surface area contributed by atoms with Crippen LogP contribution in [0.25, 0.3) is 0 Å². The Bertz CT molecular complexity index is 512. The minimum Gasteiger partial charge on any atom is -0.363 e. The van der Waals surface area contributed by atoms with Crippen LogP contribution in [0.15, 0.2) is 24.3 Å². The van der Waals surface area contributed by atoms with E-state index in [1.54, 1.807) is 0 Å². The van der Waals surface area contributed by atoms with Gasteiger partial charge in [0.25, 0.3) is 5.91 Å². The molecule has 0 radical (unpaired) electrons. The van der Waals surface area contributed by atoms with Crippen molar-refractivity contribution in [1.29, 1.82) is 0 Å². The van der Waals surface area contributed by atoms with Gasteiger partial charge >= 0.3 is 0 Å². The topological polar surface area (TPSA) is 47.6 Å². The van der Waals surface area contributed by atoms with Crippen molar-refractivity contribution in [1.82, 2.24) is 15.1 Å². The maximum absolute atomic E-state index is 12.7. The van der Waals surface area contributed by atoms with Crippen molar-refractivity contribution in [3.05, 3.63) is 29.8 Å². The van der Waals surface area contributed by atoms with Crippen molar-refractivity contribution >= 4 is 28.9 Å². The van der Waals surface area contributed by atoms with E-state index in [-0.39, 0.29) is 5.91 Å². The van der Waals surface area contributed by atoms with Crippen molar-refractivity contribution in [2.75, 3.05) is 45.1 Å². The smallest absolute Gasteiger partial charge is 0.256 e. The number of carbonyl (C=O) groups excluding carboxylic acids is 1. The molecule has 0 aromatic heterocycles. The van der Waals surface area contributed by atoms with E-state index >= 15 is 0 Å². The minimum absolute atomic E-state index is 0.0606. The molecule has 0 unspecified atom stereocenters. The number of para-hydroxylation sites is 1. The average Bonchev–Trinajstić information content (AvgIpc) is 2.48. The van der Waals surface area contributed by atoms with E-state index in [9.17, 15) is 4.79 Å². The van der Waals surface area contributed by atoms with Gasteiger partial charge in [-0.05, 0) is 38.3 Å².